The van der Waals surface area contributed by atoms with Crippen molar-refractivity contribution in [1.29, 1.82) is 0 Å². The van der Waals surface area contributed by atoms with Crippen molar-refractivity contribution in [2.24, 2.45) is 5.92 Å². The molecule has 1 aromatic rings. The van der Waals surface area contributed by atoms with Gasteiger partial charge >= 0.3 is 0 Å². The van der Waals surface area contributed by atoms with Gasteiger partial charge < -0.3 is 4.90 Å². The van der Waals surface area contributed by atoms with E-state index in [1.165, 1.54) is 5.56 Å². The molecule has 0 radical (unpaired) electrons. The molecule has 0 saturated carbocycles. The third kappa shape index (κ3) is 4.63. The van der Waals surface area contributed by atoms with Crippen molar-refractivity contribution >= 4 is 6.41 Å². The van der Waals surface area contributed by atoms with Crippen LogP contribution in [0.4, 0.5) is 0 Å². The number of carbonyl (C=O) groups excluding carboxylic acids is 1. The van der Waals surface area contributed by atoms with Crippen LogP contribution in [0.2, 0.25) is 0 Å². The number of rotatable bonds is 6. The van der Waals surface area contributed by atoms with E-state index in [1.54, 1.807) is 0 Å². The van der Waals surface area contributed by atoms with Crippen LogP contribution in [0.1, 0.15) is 19.4 Å². The number of nitrogens with zero attached hydrogens (tertiary/aromatic N) is 1. The zero-order chi connectivity index (χ0) is 11.1. The molecule has 0 aromatic heterocycles. The number of benzene rings is 1. The average Bonchev–Trinajstić information content (AvgIpc) is 2.25. The Morgan fingerprint density at radius 2 is 1.93 bits per heavy atom. The van der Waals surface area contributed by atoms with Gasteiger partial charge in [-0.25, -0.2) is 0 Å². The highest BCUT2D eigenvalue weighted by Gasteiger charge is 2.04. The van der Waals surface area contributed by atoms with E-state index < -0.39 is 0 Å². The standard InChI is InChI=1S/C13H19NO/c1-12(2)10-14(11-15)9-8-13-6-4-3-5-7-13/h3-7,11-12H,8-10H2,1-2H3. The van der Waals surface area contributed by atoms with Gasteiger partial charge in [-0.05, 0) is 17.9 Å². The number of carbonyl (C=O) groups is 1. The summed E-state index contributed by atoms with van der Waals surface area (Å²) in [4.78, 5) is 12.6. The molecule has 82 valence electrons. The van der Waals surface area contributed by atoms with E-state index in [-0.39, 0.29) is 0 Å². The molecule has 0 bridgehead atoms. The third-order valence-electron chi connectivity index (χ3n) is 2.28. The molecule has 0 unspecified atom stereocenters. The fourth-order valence-corrected chi connectivity index (χ4v) is 1.57. The SMILES string of the molecule is CC(C)CN(C=O)CCc1ccccc1. The van der Waals surface area contributed by atoms with Crippen LogP contribution in [0.3, 0.4) is 0 Å². The summed E-state index contributed by atoms with van der Waals surface area (Å²) >= 11 is 0. The van der Waals surface area contributed by atoms with Crippen molar-refractivity contribution in [1.82, 2.24) is 4.90 Å². The maximum absolute atomic E-state index is 10.8. The molecule has 0 aliphatic rings. The molecule has 2 nitrogen and oxygen atoms in total. The Labute approximate surface area is 91.9 Å². The fraction of sp³-hybridized carbons (Fsp3) is 0.462. The highest BCUT2D eigenvalue weighted by Crippen LogP contribution is 2.02. The van der Waals surface area contributed by atoms with Crippen molar-refractivity contribution in [2.75, 3.05) is 13.1 Å². The van der Waals surface area contributed by atoms with Gasteiger partial charge in [0.2, 0.25) is 6.41 Å². The monoisotopic (exact) mass is 205 g/mol. The van der Waals surface area contributed by atoms with E-state index in [1.807, 2.05) is 23.1 Å². The maximum Gasteiger partial charge on any atom is 0.209 e. The second kappa shape index (κ2) is 6.23. The van der Waals surface area contributed by atoms with E-state index in [2.05, 4.69) is 26.0 Å². The summed E-state index contributed by atoms with van der Waals surface area (Å²) in [6.07, 6.45) is 1.88. The zero-order valence-corrected chi connectivity index (χ0v) is 9.52. The fourth-order valence-electron chi connectivity index (χ4n) is 1.57. The van der Waals surface area contributed by atoms with Crippen LogP contribution in [0.15, 0.2) is 30.3 Å². The van der Waals surface area contributed by atoms with Gasteiger partial charge in [0.05, 0.1) is 0 Å². The van der Waals surface area contributed by atoms with Gasteiger partial charge in [-0.2, -0.15) is 0 Å². The van der Waals surface area contributed by atoms with Crippen LogP contribution in [0, 0.1) is 5.92 Å². The Hall–Kier alpha value is -1.31. The molecule has 0 aliphatic carbocycles. The van der Waals surface area contributed by atoms with E-state index >= 15 is 0 Å². The van der Waals surface area contributed by atoms with Gasteiger partial charge in [0.25, 0.3) is 0 Å². The van der Waals surface area contributed by atoms with Crippen molar-refractivity contribution in [3.63, 3.8) is 0 Å². The lowest BCUT2D eigenvalue weighted by atomic mass is 10.1. The Morgan fingerprint density at radius 3 is 2.47 bits per heavy atom. The normalized spacial score (nSPS) is 10.3. The molecule has 2 heteroatoms. The quantitative estimate of drug-likeness (QED) is 0.653. The summed E-state index contributed by atoms with van der Waals surface area (Å²) in [6.45, 7) is 5.90. The van der Waals surface area contributed by atoms with Gasteiger partial charge in [0.15, 0.2) is 0 Å². The molecule has 0 fully saturated rings. The summed E-state index contributed by atoms with van der Waals surface area (Å²) in [5.74, 6) is 0.533. The highest BCUT2D eigenvalue weighted by atomic mass is 16.1. The topological polar surface area (TPSA) is 20.3 Å². The summed E-state index contributed by atoms with van der Waals surface area (Å²) in [5.41, 5.74) is 1.29. The molecule has 1 aromatic carbocycles. The van der Waals surface area contributed by atoms with Crippen LogP contribution in [-0.4, -0.2) is 24.4 Å². The molecule has 0 atom stereocenters. The molecule has 0 saturated heterocycles. The minimum absolute atomic E-state index is 0.533. The van der Waals surface area contributed by atoms with Crippen LogP contribution < -0.4 is 0 Å². The van der Waals surface area contributed by atoms with E-state index in [0.717, 1.165) is 25.9 Å². The Balaban J connectivity index is 2.38. The Bertz CT molecular complexity index is 282. The number of amides is 1. The largest absolute Gasteiger partial charge is 0.345 e. The summed E-state index contributed by atoms with van der Waals surface area (Å²) in [6, 6.07) is 10.3. The van der Waals surface area contributed by atoms with Crippen LogP contribution in [0.25, 0.3) is 0 Å². The van der Waals surface area contributed by atoms with E-state index in [4.69, 9.17) is 0 Å². The first-order chi connectivity index (χ1) is 7.22. The summed E-state index contributed by atoms with van der Waals surface area (Å²) < 4.78 is 0. The van der Waals surface area contributed by atoms with Gasteiger partial charge in [0, 0.05) is 13.1 Å². The molecular formula is C13H19NO. The van der Waals surface area contributed by atoms with Gasteiger partial charge in [-0.3, -0.25) is 4.79 Å². The van der Waals surface area contributed by atoms with E-state index in [0.29, 0.717) is 5.92 Å². The van der Waals surface area contributed by atoms with Crippen LogP contribution in [-0.2, 0) is 11.2 Å². The molecule has 0 aliphatic heterocycles. The van der Waals surface area contributed by atoms with Gasteiger partial charge in [0.1, 0.15) is 0 Å². The molecule has 1 rings (SSSR count). The van der Waals surface area contributed by atoms with Gasteiger partial charge in [-0.1, -0.05) is 44.2 Å². The van der Waals surface area contributed by atoms with Crippen molar-refractivity contribution in [2.45, 2.75) is 20.3 Å². The zero-order valence-electron chi connectivity index (χ0n) is 9.52. The third-order valence-corrected chi connectivity index (χ3v) is 2.28. The molecular weight excluding hydrogens is 186 g/mol. The number of hydrogen-bond donors (Lipinski definition) is 0. The molecule has 15 heavy (non-hydrogen) atoms. The predicted molar refractivity (Wildman–Crippen MR) is 62.6 cm³/mol. The molecule has 0 N–H and O–H groups in total. The van der Waals surface area contributed by atoms with E-state index in [9.17, 15) is 4.79 Å². The first kappa shape index (κ1) is 11.8. The molecule has 0 spiro atoms. The molecule has 1 amide bonds. The van der Waals surface area contributed by atoms with Crippen molar-refractivity contribution in [3.8, 4) is 0 Å². The Kier molecular flexibility index (Phi) is 4.88. The lowest BCUT2D eigenvalue weighted by molar-refractivity contribution is -0.118. The predicted octanol–water partition coefficient (Wildman–Crippen LogP) is 2.34. The van der Waals surface area contributed by atoms with Crippen LogP contribution in [0.5, 0.6) is 0 Å². The first-order valence-corrected chi connectivity index (χ1v) is 5.45. The average molecular weight is 205 g/mol. The van der Waals surface area contributed by atoms with Crippen molar-refractivity contribution < 1.29 is 4.79 Å². The smallest absolute Gasteiger partial charge is 0.209 e. The van der Waals surface area contributed by atoms with Crippen molar-refractivity contribution in [3.05, 3.63) is 35.9 Å². The maximum atomic E-state index is 10.8. The minimum atomic E-state index is 0.533. The second-order valence-electron chi connectivity index (χ2n) is 4.23. The molecule has 0 heterocycles. The first-order valence-electron chi connectivity index (χ1n) is 5.45. The minimum Gasteiger partial charge on any atom is -0.345 e. The Morgan fingerprint density at radius 1 is 1.27 bits per heavy atom. The van der Waals surface area contributed by atoms with Gasteiger partial charge in [-0.15, -0.1) is 0 Å². The summed E-state index contributed by atoms with van der Waals surface area (Å²) in [7, 11) is 0. The summed E-state index contributed by atoms with van der Waals surface area (Å²) in [5, 5.41) is 0. The lowest BCUT2D eigenvalue weighted by Gasteiger charge is -2.19. The highest BCUT2D eigenvalue weighted by molar-refractivity contribution is 5.47. The number of hydrogen-bond acceptors (Lipinski definition) is 1. The van der Waals surface area contributed by atoms with Crippen LogP contribution >= 0.6 is 0 Å². The lowest BCUT2D eigenvalue weighted by Crippen LogP contribution is -2.28. The second-order valence-corrected chi connectivity index (χ2v) is 4.23.